The molecule has 25 heavy (non-hydrogen) atoms. The second kappa shape index (κ2) is 10.9. The summed E-state index contributed by atoms with van der Waals surface area (Å²) in [7, 11) is 0. The van der Waals surface area contributed by atoms with Gasteiger partial charge in [0.15, 0.2) is 0 Å². The van der Waals surface area contributed by atoms with Crippen LogP contribution < -0.4 is 5.32 Å². The Labute approximate surface area is 165 Å². The van der Waals surface area contributed by atoms with Gasteiger partial charge in [-0.1, -0.05) is 26.7 Å². The van der Waals surface area contributed by atoms with Gasteiger partial charge >= 0.3 is 0 Å². The lowest BCUT2D eigenvalue weighted by Gasteiger charge is -2.41. The number of amides is 1. The Hall–Kier alpha value is -0.0700. The molecule has 5 nitrogen and oxygen atoms in total. The Kier molecular flexibility index (Phi) is 10.0. The molecule has 148 valence electrons. The van der Waals surface area contributed by atoms with Gasteiger partial charge in [-0.15, -0.1) is 24.8 Å². The number of carbonyl (C=O) groups excluding carboxylic acids is 1. The van der Waals surface area contributed by atoms with Crippen LogP contribution >= 0.6 is 24.8 Å². The number of hydrogen-bond acceptors (Lipinski definition) is 4. The van der Waals surface area contributed by atoms with Crippen LogP contribution in [-0.4, -0.2) is 73.2 Å². The SMILES string of the molecule is CCC(CC)C(C(=O)N1C2CCNCC1CC2)N1CCOCC1.Cl.Cl. The fourth-order valence-electron chi connectivity index (χ4n) is 4.74. The van der Waals surface area contributed by atoms with E-state index in [1.165, 1.54) is 12.8 Å². The molecule has 0 aromatic heterocycles. The molecule has 3 aliphatic heterocycles. The molecule has 3 heterocycles. The molecule has 3 saturated heterocycles. The second-order valence-electron chi connectivity index (χ2n) is 7.29. The third-order valence-electron chi connectivity index (χ3n) is 6.10. The van der Waals surface area contributed by atoms with Crippen molar-refractivity contribution in [2.45, 2.75) is 64.1 Å². The van der Waals surface area contributed by atoms with Crippen LogP contribution in [0.2, 0.25) is 0 Å². The van der Waals surface area contributed by atoms with E-state index in [-0.39, 0.29) is 30.9 Å². The van der Waals surface area contributed by atoms with Crippen LogP contribution in [0, 0.1) is 5.92 Å². The molecule has 0 aliphatic carbocycles. The first-order valence-corrected chi connectivity index (χ1v) is 9.60. The molecule has 0 spiro atoms. The molecular weight excluding hydrogens is 361 g/mol. The summed E-state index contributed by atoms with van der Waals surface area (Å²) in [6.07, 6.45) is 5.62. The maximum absolute atomic E-state index is 13.6. The van der Waals surface area contributed by atoms with Crippen LogP contribution in [0.1, 0.15) is 46.0 Å². The summed E-state index contributed by atoms with van der Waals surface area (Å²) in [5.41, 5.74) is 0. The number of ether oxygens (including phenoxy) is 1. The monoisotopic (exact) mass is 395 g/mol. The molecule has 7 heteroatoms. The Morgan fingerprint density at radius 1 is 1.08 bits per heavy atom. The van der Waals surface area contributed by atoms with E-state index in [1.807, 2.05) is 0 Å². The van der Waals surface area contributed by atoms with E-state index in [0.717, 1.165) is 58.7 Å². The van der Waals surface area contributed by atoms with Crippen LogP contribution in [0.25, 0.3) is 0 Å². The summed E-state index contributed by atoms with van der Waals surface area (Å²) in [5.74, 6) is 0.855. The predicted octanol–water partition coefficient (Wildman–Crippen LogP) is 2.32. The summed E-state index contributed by atoms with van der Waals surface area (Å²) in [6, 6.07) is 0.920. The number of nitrogens with zero attached hydrogens (tertiary/aromatic N) is 2. The Morgan fingerprint density at radius 3 is 2.36 bits per heavy atom. The fourth-order valence-corrected chi connectivity index (χ4v) is 4.74. The smallest absolute Gasteiger partial charge is 0.240 e. The second-order valence-corrected chi connectivity index (χ2v) is 7.29. The topological polar surface area (TPSA) is 44.8 Å². The molecule has 1 N–H and O–H groups in total. The molecule has 3 fully saturated rings. The first-order valence-electron chi connectivity index (χ1n) is 9.60. The van der Waals surface area contributed by atoms with Gasteiger partial charge in [-0.2, -0.15) is 0 Å². The lowest BCUT2D eigenvalue weighted by atomic mass is 9.91. The van der Waals surface area contributed by atoms with Gasteiger partial charge in [0.2, 0.25) is 5.91 Å². The van der Waals surface area contributed by atoms with Gasteiger partial charge in [0.1, 0.15) is 0 Å². The minimum atomic E-state index is 0. The van der Waals surface area contributed by atoms with Crippen molar-refractivity contribution in [1.82, 2.24) is 15.1 Å². The lowest BCUT2D eigenvalue weighted by Crippen LogP contribution is -2.57. The number of morpholine rings is 1. The first kappa shape index (κ1) is 23.0. The third kappa shape index (κ3) is 5.01. The van der Waals surface area contributed by atoms with Crippen LogP contribution in [-0.2, 0) is 9.53 Å². The molecule has 0 aromatic carbocycles. The minimum absolute atomic E-state index is 0. The molecule has 0 saturated carbocycles. The summed E-state index contributed by atoms with van der Waals surface area (Å²) >= 11 is 0. The zero-order chi connectivity index (χ0) is 16.2. The van der Waals surface area contributed by atoms with E-state index >= 15 is 0 Å². The number of hydrogen-bond donors (Lipinski definition) is 1. The van der Waals surface area contributed by atoms with Crippen LogP contribution in [0.5, 0.6) is 0 Å². The van der Waals surface area contributed by atoms with Crippen molar-refractivity contribution < 1.29 is 9.53 Å². The number of halogens is 2. The maximum atomic E-state index is 13.6. The van der Waals surface area contributed by atoms with Crippen molar-refractivity contribution >= 4 is 30.7 Å². The van der Waals surface area contributed by atoms with Crippen LogP contribution in [0.3, 0.4) is 0 Å². The number of fused-ring (bicyclic) bond motifs is 2. The van der Waals surface area contributed by atoms with Crippen molar-refractivity contribution in [2.75, 3.05) is 39.4 Å². The highest BCUT2D eigenvalue weighted by molar-refractivity contribution is 5.85. The van der Waals surface area contributed by atoms with Crippen molar-refractivity contribution in [3.8, 4) is 0 Å². The van der Waals surface area contributed by atoms with Gasteiger partial charge in [0.25, 0.3) is 0 Å². The van der Waals surface area contributed by atoms with Crippen LogP contribution in [0.15, 0.2) is 0 Å². The van der Waals surface area contributed by atoms with E-state index < -0.39 is 0 Å². The molecule has 0 radical (unpaired) electrons. The summed E-state index contributed by atoms with van der Waals surface area (Å²) < 4.78 is 5.52. The normalized spacial score (nSPS) is 28.0. The lowest BCUT2D eigenvalue weighted by molar-refractivity contribution is -0.144. The van der Waals surface area contributed by atoms with Gasteiger partial charge in [0, 0.05) is 31.7 Å². The Bertz CT molecular complexity index is 390. The third-order valence-corrected chi connectivity index (χ3v) is 6.10. The molecule has 3 rings (SSSR count). The molecular formula is C18H35Cl2N3O2. The van der Waals surface area contributed by atoms with Crippen LogP contribution in [0.4, 0.5) is 0 Å². The average Bonchev–Trinajstić information content (AvgIpc) is 2.85. The average molecular weight is 396 g/mol. The highest BCUT2D eigenvalue weighted by Crippen LogP contribution is 2.32. The number of rotatable bonds is 5. The molecule has 2 bridgehead atoms. The molecule has 1 amide bonds. The largest absolute Gasteiger partial charge is 0.379 e. The van der Waals surface area contributed by atoms with E-state index in [4.69, 9.17) is 4.74 Å². The Morgan fingerprint density at radius 2 is 1.72 bits per heavy atom. The predicted molar refractivity (Wildman–Crippen MR) is 106 cm³/mol. The number of carbonyl (C=O) groups is 1. The van der Waals surface area contributed by atoms with Gasteiger partial charge in [-0.05, 0) is 31.7 Å². The Balaban J connectivity index is 0.00000156. The van der Waals surface area contributed by atoms with Gasteiger partial charge in [0.05, 0.1) is 19.3 Å². The molecule has 3 aliphatic rings. The van der Waals surface area contributed by atoms with E-state index in [9.17, 15) is 4.79 Å². The van der Waals surface area contributed by atoms with Crippen molar-refractivity contribution in [3.63, 3.8) is 0 Å². The first-order chi connectivity index (χ1) is 11.3. The summed E-state index contributed by atoms with van der Waals surface area (Å²) in [6.45, 7) is 9.81. The quantitative estimate of drug-likeness (QED) is 0.775. The zero-order valence-electron chi connectivity index (χ0n) is 15.6. The molecule has 3 unspecified atom stereocenters. The number of nitrogens with one attached hydrogen (secondary N) is 1. The maximum Gasteiger partial charge on any atom is 0.240 e. The van der Waals surface area contributed by atoms with Gasteiger partial charge in [-0.25, -0.2) is 0 Å². The fraction of sp³-hybridized carbons (Fsp3) is 0.944. The highest BCUT2D eigenvalue weighted by Gasteiger charge is 2.43. The van der Waals surface area contributed by atoms with Crippen molar-refractivity contribution in [2.24, 2.45) is 5.92 Å². The summed E-state index contributed by atoms with van der Waals surface area (Å²) in [5, 5.41) is 3.51. The van der Waals surface area contributed by atoms with Gasteiger partial charge < -0.3 is 15.0 Å². The standard InChI is InChI=1S/C18H33N3O2.2ClH/c1-3-14(4-2)17(20-9-11-23-12-10-20)18(22)21-15-5-6-16(21)13-19-8-7-15;;/h14-17,19H,3-13H2,1-2H3;2*1H. The highest BCUT2D eigenvalue weighted by atomic mass is 35.5. The zero-order valence-corrected chi connectivity index (χ0v) is 17.2. The van der Waals surface area contributed by atoms with Crippen molar-refractivity contribution in [1.29, 1.82) is 0 Å². The molecule has 0 aromatic rings. The van der Waals surface area contributed by atoms with E-state index in [2.05, 4.69) is 29.0 Å². The van der Waals surface area contributed by atoms with E-state index in [1.54, 1.807) is 0 Å². The molecule has 3 atom stereocenters. The summed E-state index contributed by atoms with van der Waals surface area (Å²) in [4.78, 5) is 18.3. The van der Waals surface area contributed by atoms with Gasteiger partial charge in [-0.3, -0.25) is 9.69 Å². The minimum Gasteiger partial charge on any atom is -0.379 e. The van der Waals surface area contributed by atoms with E-state index in [0.29, 0.717) is 23.9 Å². The van der Waals surface area contributed by atoms with Crippen molar-refractivity contribution in [3.05, 3.63) is 0 Å².